The molecular formula is C66H66ClF3N16O4. The number of benzene rings is 2. The molecule has 20 nitrogen and oxygen atoms in total. The van der Waals surface area contributed by atoms with E-state index in [9.17, 15) is 22.8 Å². The molecule has 0 spiro atoms. The van der Waals surface area contributed by atoms with Gasteiger partial charge in [-0.2, -0.15) is 15.3 Å². The Balaban J connectivity index is 0.000000129. The SMILES string of the molecule is Clc1cncc(-c2cnn3ccccc23)n1.F[C@@H]1CCNC[C@@H]1Cc1cncc(-c2cnn3ccccc23)n1.N[C@H]1CN(C(=O)OCc2ccccc2)CC[C@H]1F.O=C(OCc1ccccc1)N1CC[C@@H](F)[C@@H](Cc2cncc(-c3cnn4ccccc34)n2)C1. The fourth-order valence-electron chi connectivity index (χ4n) is 10.9. The van der Waals surface area contributed by atoms with Crippen LogP contribution in [-0.2, 0) is 35.5 Å². The number of nitrogens with one attached hydrogen (secondary N) is 1. The molecule has 3 aliphatic rings. The average Bonchev–Trinajstić information content (AvgIpc) is 4.42. The van der Waals surface area contributed by atoms with E-state index in [2.05, 4.69) is 45.5 Å². The molecule has 3 fully saturated rings. The van der Waals surface area contributed by atoms with E-state index in [-0.39, 0.29) is 51.0 Å². The molecule has 0 saturated carbocycles. The summed E-state index contributed by atoms with van der Waals surface area (Å²) >= 11 is 5.81. The van der Waals surface area contributed by atoms with E-state index >= 15 is 0 Å². The van der Waals surface area contributed by atoms with Crippen molar-refractivity contribution in [1.82, 2.24) is 73.9 Å². The molecule has 0 aliphatic carbocycles. The van der Waals surface area contributed by atoms with Gasteiger partial charge in [0.2, 0.25) is 0 Å². The summed E-state index contributed by atoms with van der Waals surface area (Å²) < 4.78 is 57.9. The van der Waals surface area contributed by atoms with Gasteiger partial charge in [-0.05, 0) is 86.2 Å². The lowest BCUT2D eigenvalue weighted by Gasteiger charge is -2.34. The van der Waals surface area contributed by atoms with Crippen LogP contribution in [0.15, 0.2) is 190 Å². The number of amides is 2. The normalized spacial score (nSPS) is 18.9. The Bertz CT molecular complexity index is 4130. The van der Waals surface area contributed by atoms with Crippen LogP contribution in [0.1, 0.15) is 41.8 Å². The summed E-state index contributed by atoms with van der Waals surface area (Å²) in [4.78, 5) is 53.6. The number of aromatic nitrogens is 12. The molecule has 0 bridgehead atoms. The highest BCUT2D eigenvalue weighted by Gasteiger charge is 2.34. The monoisotopic (exact) mass is 1240 g/mol. The first-order chi connectivity index (χ1) is 44.0. The predicted molar refractivity (Wildman–Crippen MR) is 334 cm³/mol. The molecule has 3 aliphatic heterocycles. The number of pyridine rings is 3. The Kier molecular flexibility index (Phi) is 20.6. The third-order valence-electron chi connectivity index (χ3n) is 15.7. The third kappa shape index (κ3) is 15.9. The Morgan fingerprint density at radius 3 is 1.42 bits per heavy atom. The number of piperidine rings is 3. The van der Waals surface area contributed by atoms with Crippen LogP contribution in [0, 0.1) is 11.8 Å². The van der Waals surface area contributed by atoms with Gasteiger partial charge in [0.15, 0.2) is 0 Å². The maximum Gasteiger partial charge on any atom is 0.410 e. The minimum absolute atomic E-state index is 0.0304. The third-order valence-corrected chi connectivity index (χ3v) is 15.9. The van der Waals surface area contributed by atoms with Crippen LogP contribution < -0.4 is 11.1 Å². The highest BCUT2D eigenvalue weighted by molar-refractivity contribution is 6.29. The zero-order chi connectivity index (χ0) is 62.2. The van der Waals surface area contributed by atoms with Crippen molar-refractivity contribution in [2.24, 2.45) is 17.6 Å². The largest absolute Gasteiger partial charge is 0.445 e. The van der Waals surface area contributed by atoms with Crippen LogP contribution >= 0.6 is 11.6 Å². The number of rotatable bonds is 11. The van der Waals surface area contributed by atoms with Crippen LogP contribution in [0.3, 0.4) is 0 Å². The number of carbonyl (C=O) groups is 2. The van der Waals surface area contributed by atoms with Crippen molar-refractivity contribution in [3.05, 3.63) is 217 Å². The van der Waals surface area contributed by atoms with E-state index in [0.29, 0.717) is 55.4 Å². The molecule has 0 radical (unpaired) electrons. The van der Waals surface area contributed by atoms with Crippen LogP contribution in [-0.4, -0.2) is 145 Å². The van der Waals surface area contributed by atoms with E-state index < -0.39 is 36.7 Å². The van der Waals surface area contributed by atoms with Gasteiger partial charge in [-0.1, -0.05) is 90.5 Å². The molecule has 2 amide bonds. The molecule has 9 aromatic heterocycles. The first-order valence-corrected chi connectivity index (χ1v) is 30.0. The van der Waals surface area contributed by atoms with Gasteiger partial charge in [0.25, 0.3) is 0 Å². The van der Waals surface area contributed by atoms with Gasteiger partial charge in [0, 0.05) is 92.2 Å². The van der Waals surface area contributed by atoms with Gasteiger partial charge in [0.05, 0.1) is 94.4 Å². The number of nitrogens with two attached hydrogens (primary N) is 1. The lowest BCUT2D eigenvalue weighted by Crippen LogP contribution is -2.51. The first kappa shape index (κ1) is 61.9. The molecule has 2 aromatic carbocycles. The quantitative estimate of drug-likeness (QED) is 0.123. The molecule has 6 atom stereocenters. The van der Waals surface area contributed by atoms with Crippen molar-refractivity contribution in [3.63, 3.8) is 0 Å². The summed E-state index contributed by atoms with van der Waals surface area (Å²) in [6, 6.07) is 35.9. The summed E-state index contributed by atoms with van der Waals surface area (Å²) in [5.74, 6) is -0.395. The highest BCUT2D eigenvalue weighted by atomic mass is 35.5. The molecule has 12 heterocycles. The summed E-state index contributed by atoms with van der Waals surface area (Å²) in [6.07, 6.45) is 19.5. The lowest BCUT2D eigenvalue weighted by molar-refractivity contribution is 0.0536. The molecule has 90 heavy (non-hydrogen) atoms. The number of hydrogen-bond acceptors (Lipinski definition) is 15. The second kappa shape index (κ2) is 30.0. The average molecular weight is 1240 g/mol. The summed E-state index contributed by atoms with van der Waals surface area (Å²) in [7, 11) is 0. The molecule has 11 aromatic rings. The number of likely N-dealkylation sites (tertiary alicyclic amines) is 2. The number of ether oxygens (including phenoxy) is 2. The van der Waals surface area contributed by atoms with Crippen molar-refractivity contribution >= 4 is 40.3 Å². The van der Waals surface area contributed by atoms with E-state index in [1.54, 1.807) is 63.5 Å². The Labute approximate surface area is 521 Å². The smallest absolute Gasteiger partial charge is 0.410 e. The van der Waals surface area contributed by atoms with E-state index in [1.165, 1.54) is 11.1 Å². The first-order valence-electron chi connectivity index (χ1n) is 29.7. The Morgan fingerprint density at radius 2 is 0.944 bits per heavy atom. The Hall–Kier alpha value is -9.71. The number of hydrogen-bond donors (Lipinski definition) is 2. The van der Waals surface area contributed by atoms with Gasteiger partial charge in [0.1, 0.15) is 36.9 Å². The number of fused-ring (bicyclic) bond motifs is 3. The number of halogens is 4. The van der Waals surface area contributed by atoms with Crippen molar-refractivity contribution in [2.45, 2.75) is 69.9 Å². The van der Waals surface area contributed by atoms with Crippen LogP contribution in [0.25, 0.3) is 50.3 Å². The van der Waals surface area contributed by atoms with Crippen LogP contribution in [0.2, 0.25) is 5.15 Å². The van der Waals surface area contributed by atoms with Crippen molar-refractivity contribution in [3.8, 4) is 33.8 Å². The topological polar surface area (TPSA) is 226 Å². The molecule has 0 unspecified atom stereocenters. The zero-order valence-electron chi connectivity index (χ0n) is 49.0. The maximum absolute atomic E-state index is 14.8. The van der Waals surface area contributed by atoms with Crippen LogP contribution in [0.5, 0.6) is 0 Å². The molecule has 462 valence electrons. The van der Waals surface area contributed by atoms with Gasteiger partial charge in [-0.15, -0.1) is 0 Å². The number of nitrogens with zero attached hydrogens (tertiary/aromatic N) is 14. The molecule has 24 heteroatoms. The number of carbonyl (C=O) groups excluding carboxylic acids is 2. The van der Waals surface area contributed by atoms with Crippen molar-refractivity contribution in [1.29, 1.82) is 0 Å². The minimum Gasteiger partial charge on any atom is -0.445 e. The highest BCUT2D eigenvalue weighted by Crippen LogP contribution is 2.29. The number of alkyl halides is 3. The molecule has 3 saturated heterocycles. The fourth-order valence-corrected chi connectivity index (χ4v) is 11.0. The molecular weight excluding hydrogens is 1170 g/mol. The van der Waals surface area contributed by atoms with E-state index in [0.717, 1.165) is 68.0 Å². The second-order valence-corrected chi connectivity index (χ2v) is 22.4. The second-order valence-electron chi connectivity index (χ2n) is 22.0. The van der Waals surface area contributed by atoms with E-state index in [1.807, 2.05) is 138 Å². The Morgan fingerprint density at radius 1 is 0.511 bits per heavy atom. The summed E-state index contributed by atoms with van der Waals surface area (Å²) in [5, 5.41) is 16.5. The van der Waals surface area contributed by atoms with Crippen LogP contribution in [0.4, 0.5) is 22.8 Å². The predicted octanol–water partition coefficient (Wildman–Crippen LogP) is 10.8. The van der Waals surface area contributed by atoms with Crippen molar-refractivity contribution in [2.75, 3.05) is 39.3 Å². The zero-order valence-corrected chi connectivity index (χ0v) is 49.8. The van der Waals surface area contributed by atoms with Gasteiger partial charge in [-0.3, -0.25) is 15.0 Å². The van der Waals surface area contributed by atoms with Crippen molar-refractivity contribution < 1.29 is 32.2 Å². The molecule has 3 N–H and O–H groups in total. The minimum atomic E-state index is -1.02. The standard InChI is InChI=1S/C25H24FN5O2.C17H18FN5.C13H17FN2O2.C11H7ClN4/c26-22-9-11-30(25(32)33-17-18-6-2-1-3-7-18)16-19(22)12-20-13-27-15-23(29-20)21-14-28-31-10-5-4-8-24(21)31;18-15-4-5-19-8-12(15)7-13-9-20-11-16(22-13)14-10-21-23-6-2-1-3-17(14)23;14-11-6-7-16(8-12(11)15)13(17)18-9-10-4-2-1-3-5-10;12-11-7-13-6-9(15-11)8-5-14-16-4-2-1-3-10(8)16/h1-8,10,13-15,19,22H,9,11-12,16-17H2;1-3,6,9-12,15,19H,4-5,7-8H2;1-5,11-12H,6-9,15H2;1-7H/t19-,22+;12-,15+;11-,12+;/m001./s1. The van der Waals surface area contributed by atoms with Gasteiger partial charge >= 0.3 is 12.2 Å². The van der Waals surface area contributed by atoms with Gasteiger partial charge < -0.3 is 30.3 Å². The maximum atomic E-state index is 14.8. The molecule has 14 rings (SSSR count). The summed E-state index contributed by atoms with van der Waals surface area (Å²) in [6.45, 7) is 3.10. The van der Waals surface area contributed by atoms with Gasteiger partial charge in [-0.25, -0.2) is 51.3 Å². The van der Waals surface area contributed by atoms with E-state index in [4.69, 9.17) is 31.8 Å². The fraction of sp³-hybridized carbons (Fsp3) is 0.288. The lowest BCUT2D eigenvalue weighted by atomic mass is 9.92. The summed E-state index contributed by atoms with van der Waals surface area (Å²) in [5.41, 5.74) is 16.8.